The zero-order chi connectivity index (χ0) is 21.6. The number of benzene rings is 3. The van der Waals surface area contributed by atoms with E-state index in [1.54, 1.807) is 0 Å². The van der Waals surface area contributed by atoms with Crippen LogP contribution < -0.4 is 14.4 Å². The van der Waals surface area contributed by atoms with Gasteiger partial charge >= 0.3 is 188 Å². The van der Waals surface area contributed by atoms with Gasteiger partial charge in [0.2, 0.25) is 0 Å². The van der Waals surface area contributed by atoms with Crippen LogP contribution in [-0.4, -0.2) is 6.61 Å². The van der Waals surface area contributed by atoms with Gasteiger partial charge in [-0.25, -0.2) is 0 Å². The van der Waals surface area contributed by atoms with Crippen LogP contribution in [-0.2, 0) is 4.52 Å². The maximum atomic E-state index is 6.55. The van der Waals surface area contributed by atoms with Gasteiger partial charge in [0.15, 0.2) is 0 Å². The van der Waals surface area contributed by atoms with Crippen molar-refractivity contribution < 1.29 is 13.6 Å². The second-order valence-electron chi connectivity index (χ2n) is 7.72. The van der Waals surface area contributed by atoms with Crippen molar-refractivity contribution in [3.8, 4) is 11.5 Å². The SMILES string of the molecule is CCCCCCCCCO[PH](Oc1ccccc1)(Oc1ccccc1)c1ccccc1. The van der Waals surface area contributed by atoms with Gasteiger partial charge in [0.1, 0.15) is 0 Å². The standard InChI is InChI=1S/C27H35O3P/c1-2-3-4-5-6-7-17-24-28-31(27-22-15-10-16-23-27,29-25-18-11-8-12-19-25)30-26-20-13-9-14-21-26/h8-16,18-23,31H,2-7,17,24H2,1H3. The first kappa shape index (κ1) is 23.3. The molecule has 3 aromatic rings. The van der Waals surface area contributed by atoms with Gasteiger partial charge in [-0.1, -0.05) is 0 Å². The van der Waals surface area contributed by atoms with Gasteiger partial charge in [0, 0.05) is 0 Å². The third-order valence-electron chi connectivity index (χ3n) is 5.16. The number of rotatable bonds is 14. The molecule has 0 spiro atoms. The molecular weight excluding hydrogens is 403 g/mol. The van der Waals surface area contributed by atoms with Crippen LogP contribution in [0.5, 0.6) is 11.5 Å². The van der Waals surface area contributed by atoms with Crippen LogP contribution in [0.2, 0.25) is 0 Å². The summed E-state index contributed by atoms with van der Waals surface area (Å²) in [6.07, 6.45) is 8.66. The van der Waals surface area contributed by atoms with Crippen molar-refractivity contribution in [2.24, 2.45) is 0 Å². The van der Waals surface area contributed by atoms with E-state index >= 15 is 0 Å². The Morgan fingerprint density at radius 1 is 0.548 bits per heavy atom. The van der Waals surface area contributed by atoms with E-state index < -0.39 is 7.94 Å². The molecule has 3 rings (SSSR count). The van der Waals surface area contributed by atoms with E-state index in [4.69, 9.17) is 13.6 Å². The van der Waals surface area contributed by atoms with E-state index in [-0.39, 0.29) is 0 Å². The number of para-hydroxylation sites is 2. The minimum absolute atomic E-state index is 0.620. The van der Waals surface area contributed by atoms with Crippen LogP contribution in [0.15, 0.2) is 91.0 Å². The number of hydrogen-bond acceptors (Lipinski definition) is 3. The third kappa shape index (κ3) is 7.69. The zero-order valence-corrected chi connectivity index (χ0v) is 19.5. The molecule has 0 saturated carbocycles. The summed E-state index contributed by atoms with van der Waals surface area (Å²) in [6.45, 7) is 2.87. The van der Waals surface area contributed by atoms with Crippen LogP contribution in [0.3, 0.4) is 0 Å². The zero-order valence-electron chi connectivity index (χ0n) is 18.5. The quantitative estimate of drug-likeness (QED) is 0.190. The molecule has 0 amide bonds. The molecule has 0 atom stereocenters. The van der Waals surface area contributed by atoms with Crippen molar-refractivity contribution in [1.82, 2.24) is 0 Å². The summed E-state index contributed by atoms with van der Waals surface area (Å²) >= 11 is 0. The summed E-state index contributed by atoms with van der Waals surface area (Å²) in [6, 6.07) is 29.8. The molecule has 166 valence electrons. The van der Waals surface area contributed by atoms with Gasteiger partial charge in [-0.2, -0.15) is 0 Å². The van der Waals surface area contributed by atoms with E-state index in [9.17, 15) is 0 Å². The molecule has 0 unspecified atom stereocenters. The van der Waals surface area contributed by atoms with Gasteiger partial charge in [-0.15, -0.1) is 0 Å². The number of hydrogen-bond donors (Lipinski definition) is 0. The Morgan fingerprint density at radius 3 is 1.52 bits per heavy atom. The third-order valence-corrected chi connectivity index (χ3v) is 7.79. The fourth-order valence-electron chi connectivity index (χ4n) is 3.48. The Bertz CT molecular complexity index is 799. The first-order valence-electron chi connectivity index (χ1n) is 11.5. The van der Waals surface area contributed by atoms with E-state index in [1.165, 1.54) is 38.5 Å². The molecule has 31 heavy (non-hydrogen) atoms. The van der Waals surface area contributed by atoms with Gasteiger partial charge in [-0.3, -0.25) is 0 Å². The van der Waals surface area contributed by atoms with Gasteiger partial charge in [-0.05, 0) is 0 Å². The topological polar surface area (TPSA) is 27.7 Å². The van der Waals surface area contributed by atoms with E-state index in [2.05, 4.69) is 6.92 Å². The van der Waals surface area contributed by atoms with Crippen molar-refractivity contribution in [1.29, 1.82) is 0 Å². The first-order chi connectivity index (χ1) is 15.3. The number of unbranched alkanes of at least 4 members (excludes halogenated alkanes) is 6. The summed E-state index contributed by atoms with van der Waals surface area (Å²) in [4.78, 5) is 0. The van der Waals surface area contributed by atoms with E-state index in [0.717, 1.165) is 23.2 Å². The predicted octanol–water partition coefficient (Wildman–Crippen LogP) is 7.73. The molecular formula is C27H35O3P. The monoisotopic (exact) mass is 438 g/mol. The van der Waals surface area contributed by atoms with Crippen LogP contribution in [0.25, 0.3) is 0 Å². The predicted molar refractivity (Wildman–Crippen MR) is 132 cm³/mol. The Balaban J connectivity index is 1.76. The van der Waals surface area contributed by atoms with Crippen LogP contribution in [0.4, 0.5) is 0 Å². The van der Waals surface area contributed by atoms with Crippen LogP contribution in [0, 0.1) is 0 Å². The van der Waals surface area contributed by atoms with Crippen molar-refractivity contribution in [3.63, 3.8) is 0 Å². The second kappa shape index (κ2) is 13.1. The molecule has 0 fully saturated rings. The molecule has 0 aliphatic rings. The van der Waals surface area contributed by atoms with Crippen LogP contribution in [0.1, 0.15) is 51.9 Å². The molecule has 3 aromatic carbocycles. The maximum absolute atomic E-state index is 6.55. The molecule has 0 radical (unpaired) electrons. The van der Waals surface area contributed by atoms with Crippen molar-refractivity contribution in [3.05, 3.63) is 91.0 Å². The van der Waals surface area contributed by atoms with E-state index in [1.807, 2.05) is 91.0 Å². The van der Waals surface area contributed by atoms with Crippen LogP contribution >= 0.6 is 7.94 Å². The minimum atomic E-state index is -3.23. The fraction of sp³-hybridized carbons (Fsp3) is 0.333. The Morgan fingerprint density at radius 2 is 1.00 bits per heavy atom. The van der Waals surface area contributed by atoms with Gasteiger partial charge < -0.3 is 0 Å². The molecule has 0 aromatic heterocycles. The molecule has 0 N–H and O–H groups in total. The molecule has 0 aliphatic carbocycles. The Hall–Kier alpha value is -2.35. The summed E-state index contributed by atoms with van der Waals surface area (Å²) in [5.74, 6) is 1.52. The molecule has 0 heterocycles. The molecule has 0 saturated heterocycles. The summed E-state index contributed by atoms with van der Waals surface area (Å²) in [5.41, 5.74) is 0. The molecule has 0 bridgehead atoms. The average Bonchev–Trinajstić information content (AvgIpc) is 2.82. The summed E-state index contributed by atoms with van der Waals surface area (Å²) in [5, 5.41) is 0.964. The van der Waals surface area contributed by atoms with Gasteiger partial charge in [0.25, 0.3) is 0 Å². The Labute approximate surface area is 188 Å². The average molecular weight is 439 g/mol. The Kier molecular flexibility index (Phi) is 9.89. The molecule has 0 aliphatic heterocycles. The van der Waals surface area contributed by atoms with Crippen molar-refractivity contribution in [2.45, 2.75) is 51.9 Å². The fourth-order valence-corrected chi connectivity index (χ4v) is 5.94. The molecule has 3 nitrogen and oxygen atoms in total. The normalized spacial score (nSPS) is 11.8. The molecule has 4 heteroatoms. The van der Waals surface area contributed by atoms with Gasteiger partial charge in [0.05, 0.1) is 0 Å². The van der Waals surface area contributed by atoms with E-state index in [0.29, 0.717) is 6.61 Å². The van der Waals surface area contributed by atoms with Crippen molar-refractivity contribution >= 4 is 13.2 Å². The summed E-state index contributed by atoms with van der Waals surface area (Å²) in [7, 11) is -3.23. The first-order valence-corrected chi connectivity index (χ1v) is 13.2. The summed E-state index contributed by atoms with van der Waals surface area (Å²) < 4.78 is 19.6. The van der Waals surface area contributed by atoms with Crippen molar-refractivity contribution in [2.75, 3.05) is 6.61 Å². The second-order valence-corrected chi connectivity index (χ2v) is 10.1.